The number of hydrazone groups is 1. The smallest absolute Gasteiger partial charge is 0.343 e. The van der Waals surface area contributed by atoms with E-state index in [1.165, 1.54) is 13.3 Å². The molecule has 33 heavy (non-hydrogen) atoms. The van der Waals surface area contributed by atoms with Crippen LogP contribution in [0.2, 0.25) is 0 Å². The van der Waals surface area contributed by atoms with Gasteiger partial charge in [-0.15, -0.1) is 0 Å². The normalized spacial score (nSPS) is 10.5. The predicted octanol–water partition coefficient (Wildman–Crippen LogP) is 3.18. The third-order valence-electron chi connectivity index (χ3n) is 4.48. The molecular weight excluding hydrogens is 422 g/mol. The monoisotopic (exact) mass is 445 g/mol. The zero-order valence-electron chi connectivity index (χ0n) is 18.0. The van der Waals surface area contributed by atoms with Crippen LogP contribution in [0.3, 0.4) is 0 Å². The summed E-state index contributed by atoms with van der Waals surface area (Å²) in [5, 5.41) is 6.59. The number of carbonyl (C=O) groups excluding carboxylic acids is 3. The Balaban J connectivity index is 1.48. The third-order valence-corrected chi connectivity index (χ3v) is 4.48. The maximum Gasteiger partial charge on any atom is 0.343 e. The van der Waals surface area contributed by atoms with E-state index in [9.17, 15) is 14.4 Å². The molecule has 8 heteroatoms. The molecule has 168 valence electrons. The lowest BCUT2D eigenvalue weighted by atomic mass is 10.2. The van der Waals surface area contributed by atoms with E-state index in [1.54, 1.807) is 66.7 Å². The fourth-order valence-electron chi connectivity index (χ4n) is 2.80. The van der Waals surface area contributed by atoms with Crippen LogP contribution in [0.1, 0.15) is 32.7 Å². The number of carbonyl (C=O) groups is 3. The van der Waals surface area contributed by atoms with Gasteiger partial charge in [0, 0.05) is 18.5 Å². The second kappa shape index (κ2) is 11.8. The maximum atomic E-state index is 12.2. The lowest BCUT2D eigenvalue weighted by Crippen LogP contribution is -2.28. The summed E-state index contributed by atoms with van der Waals surface area (Å²) >= 11 is 0. The number of hydrogen-bond acceptors (Lipinski definition) is 6. The van der Waals surface area contributed by atoms with Crippen molar-refractivity contribution < 1.29 is 23.9 Å². The van der Waals surface area contributed by atoms with Gasteiger partial charge in [0.05, 0.1) is 18.9 Å². The molecule has 2 N–H and O–H groups in total. The molecule has 0 bridgehead atoms. The number of nitrogens with one attached hydrogen (secondary N) is 2. The summed E-state index contributed by atoms with van der Waals surface area (Å²) < 4.78 is 10.7. The van der Waals surface area contributed by atoms with Crippen LogP contribution in [-0.2, 0) is 4.79 Å². The lowest BCUT2D eigenvalue weighted by molar-refractivity contribution is -0.120. The summed E-state index contributed by atoms with van der Waals surface area (Å²) in [4.78, 5) is 36.1. The Labute approximate surface area is 191 Å². The second-order valence-electron chi connectivity index (χ2n) is 6.83. The summed E-state index contributed by atoms with van der Waals surface area (Å²) in [6.07, 6.45) is 1.51. The molecule has 0 atom stereocenters. The maximum absolute atomic E-state index is 12.2. The Morgan fingerprint density at radius 2 is 1.55 bits per heavy atom. The highest BCUT2D eigenvalue weighted by molar-refractivity contribution is 5.94. The number of hydrogen-bond donors (Lipinski definition) is 2. The van der Waals surface area contributed by atoms with E-state index in [-0.39, 0.29) is 30.5 Å². The first kappa shape index (κ1) is 23.2. The van der Waals surface area contributed by atoms with E-state index in [0.29, 0.717) is 22.4 Å². The van der Waals surface area contributed by atoms with Gasteiger partial charge in [-0.25, -0.2) is 10.2 Å². The van der Waals surface area contributed by atoms with Crippen molar-refractivity contribution in [2.75, 3.05) is 13.7 Å². The van der Waals surface area contributed by atoms with Gasteiger partial charge in [-0.2, -0.15) is 5.10 Å². The molecule has 0 fully saturated rings. The molecule has 0 aliphatic rings. The molecule has 0 saturated heterocycles. The van der Waals surface area contributed by atoms with Crippen LogP contribution in [-0.4, -0.2) is 37.7 Å². The zero-order valence-corrected chi connectivity index (χ0v) is 18.0. The average molecular weight is 445 g/mol. The molecule has 0 saturated carbocycles. The average Bonchev–Trinajstić information content (AvgIpc) is 2.85. The minimum atomic E-state index is -0.498. The van der Waals surface area contributed by atoms with Crippen LogP contribution in [0.25, 0.3) is 0 Å². The van der Waals surface area contributed by atoms with Crippen molar-refractivity contribution >= 4 is 24.0 Å². The van der Waals surface area contributed by atoms with Crippen molar-refractivity contribution in [1.29, 1.82) is 0 Å². The van der Waals surface area contributed by atoms with Crippen molar-refractivity contribution in [1.82, 2.24) is 10.7 Å². The summed E-state index contributed by atoms with van der Waals surface area (Å²) in [5.41, 5.74) is 3.99. The van der Waals surface area contributed by atoms with Crippen LogP contribution in [0.4, 0.5) is 0 Å². The molecule has 2 amide bonds. The summed E-state index contributed by atoms with van der Waals surface area (Å²) in [5.74, 6) is -0.478. The fourth-order valence-corrected chi connectivity index (χ4v) is 2.80. The Morgan fingerprint density at radius 1 is 0.879 bits per heavy atom. The highest BCUT2D eigenvalue weighted by Crippen LogP contribution is 2.28. The molecule has 0 aliphatic carbocycles. The molecule has 0 spiro atoms. The van der Waals surface area contributed by atoms with Crippen LogP contribution in [0.5, 0.6) is 11.5 Å². The number of benzene rings is 3. The van der Waals surface area contributed by atoms with Crippen molar-refractivity contribution in [3.63, 3.8) is 0 Å². The minimum absolute atomic E-state index is 0.0770. The van der Waals surface area contributed by atoms with E-state index in [1.807, 2.05) is 12.1 Å². The molecule has 8 nitrogen and oxygen atoms in total. The van der Waals surface area contributed by atoms with Crippen molar-refractivity contribution in [3.05, 3.63) is 95.6 Å². The van der Waals surface area contributed by atoms with Crippen LogP contribution in [0.15, 0.2) is 84.0 Å². The van der Waals surface area contributed by atoms with Gasteiger partial charge in [-0.3, -0.25) is 9.59 Å². The fraction of sp³-hybridized carbons (Fsp3) is 0.120. The minimum Gasteiger partial charge on any atom is -0.493 e. The van der Waals surface area contributed by atoms with Gasteiger partial charge in [0.1, 0.15) is 0 Å². The first-order valence-corrected chi connectivity index (χ1v) is 10.2. The zero-order chi connectivity index (χ0) is 23.5. The number of amides is 2. The highest BCUT2D eigenvalue weighted by Gasteiger charge is 2.12. The SMILES string of the molecule is COc1cc(C=NNC(=O)CCNC(=O)c2ccccc2)ccc1OC(=O)c1ccccc1. The number of rotatable bonds is 9. The van der Waals surface area contributed by atoms with Gasteiger partial charge in [0.2, 0.25) is 5.91 Å². The number of ether oxygens (including phenoxy) is 2. The summed E-state index contributed by atoms with van der Waals surface area (Å²) in [6.45, 7) is 0.185. The molecule has 0 unspecified atom stereocenters. The van der Waals surface area contributed by atoms with Crippen LogP contribution < -0.4 is 20.2 Å². The van der Waals surface area contributed by atoms with Gasteiger partial charge in [0.15, 0.2) is 11.5 Å². The first-order valence-electron chi connectivity index (χ1n) is 10.2. The van der Waals surface area contributed by atoms with E-state index < -0.39 is 5.97 Å². The lowest BCUT2D eigenvalue weighted by Gasteiger charge is -2.10. The van der Waals surface area contributed by atoms with E-state index in [0.717, 1.165) is 0 Å². The standard InChI is InChI=1S/C25H23N3O5/c1-32-22-16-18(12-13-21(22)33-25(31)20-10-6-3-7-11-20)17-27-28-23(29)14-15-26-24(30)19-8-4-2-5-9-19/h2-13,16-17H,14-15H2,1H3,(H,26,30)(H,28,29). The Hall–Kier alpha value is -4.46. The molecule has 0 heterocycles. The topological polar surface area (TPSA) is 106 Å². The van der Waals surface area contributed by atoms with E-state index in [4.69, 9.17) is 9.47 Å². The highest BCUT2D eigenvalue weighted by atomic mass is 16.6. The molecule has 3 aromatic rings. The van der Waals surface area contributed by atoms with Gasteiger partial charge >= 0.3 is 5.97 Å². The van der Waals surface area contributed by atoms with Crippen molar-refractivity contribution in [2.24, 2.45) is 5.10 Å². The molecule has 3 rings (SSSR count). The van der Waals surface area contributed by atoms with Crippen molar-refractivity contribution in [3.8, 4) is 11.5 Å². The van der Waals surface area contributed by atoms with Gasteiger partial charge in [-0.05, 0) is 48.0 Å². The predicted molar refractivity (Wildman–Crippen MR) is 124 cm³/mol. The largest absolute Gasteiger partial charge is 0.493 e. The first-order chi connectivity index (χ1) is 16.1. The summed E-state index contributed by atoms with van der Waals surface area (Å²) in [7, 11) is 1.46. The molecule has 3 aromatic carbocycles. The quantitative estimate of drug-likeness (QED) is 0.228. The van der Waals surface area contributed by atoms with Crippen LogP contribution >= 0.6 is 0 Å². The number of esters is 1. The summed E-state index contributed by atoms with van der Waals surface area (Å²) in [6, 6.07) is 22.3. The third kappa shape index (κ3) is 7.03. The molecular formula is C25H23N3O5. The van der Waals surface area contributed by atoms with E-state index >= 15 is 0 Å². The Bertz CT molecular complexity index is 1130. The van der Waals surface area contributed by atoms with Crippen LogP contribution in [0, 0.1) is 0 Å². The van der Waals surface area contributed by atoms with Gasteiger partial charge in [-0.1, -0.05) is 36.4 Å². The number of nitrogens with zero attached hydrogens (tertiary/aromatic N) is 1. The number of methoxy groups -OCH3 is 1. The van der Waals surface area contributed by atoms with Gasteiger partial charge in [0.25, 0.3) is 5.91 Å². The molecule has 0 aromatic heterocycles. The molecule has 0 aliphatic heterocycles. The Kier molecular flexibility index (Phi) is 8.30. The van der Waals surface area contributed by atoms with Gasteiger partial charge < -0.3 is 14.8 Å². The second-order valence-corrected chi connectivity index (χ2v) is 6.83. The molecule has 0 radical (unpaired) electrons. The van der Waals surface area contributed by atoms with Crippen molar-refractivity contribution in [2.45, 2.75) is 6.42 Å². The van der Waals surface area contributed by atoms with E-state index in [2.05, 4.69) is 15.8 Å². The Morgan fingerprint density at radius 3 is 2.21 bits per heavy atom.